The van der Waals surface area contributed by atoms with Crippen molar-refractivity contribution in [3.63, 3.8) is 0 Å². The zero-order valence-electron chi connectivity index (χ0n) is 9.34. The summed E-state index contributed by atoms with van der Waals surface area (Å²) in [5, 5.41) is 6.71. The molecule has 0 aliphatic rings. The topological polar surface area (TPSA) is 54.7 Å². The highest BCUT2D eigenvalue weighted by atomic mass is 19.1. The Balaban J connectivity index is 2.62. The molecule has 0 unspecified atom stereocenters. The highest BCUT2D eigenvalue weighted by Gasteiger charge is 2.14. The Morgan fingerprint density at radius 1 is 1.44 bits per heavy atom. The number of halogens is 1. The zero-order chi connectivity index (χ0) is 11.7. The van der Waals surface area contributed by atoms with Gasteiger partial charge in [0.2, 0.25) is 0 Å². The molecule has 2 rings (SSSR count). The van der Waals surface area contributed by atoms with Gasteiger partial charge in [-0.3, -0.25) is 5.10 Å². The molecule has 0 amide bonds. The van der Waals surface area contributed by atoms with Gasteiger partial charge >= 0.3 is 0 Å². The van der Waals surface area contributed by atoms with E-state index in [9.17, 15) is 4.39 Å². The van der Waals surface area contributed by atoms with E-state index in [0.717, 1.165) is 17.5 Å². The van der Waals surface area contributed by atoms with Gasteiger partial charge in [0, 0.05) is 11.1 Å². The van der Waals surface area contributed by atoms with Crippen LogP contribution in [-0.2, 0) is 6.42 Å². The van der Waals surface area contributed by atoms with E-state index in [1.807, 2.05) is 13.8 Å². The van der Waals surface area contributed by atoms with Gasteiger partial charge < -0.3 is 5.73 Å². The standard InChI is InChI=1S/C12H14FN3/c1-3-8-11(15-16-12(8)14)9-6-7(2)4-5-10(9)13/h4-6H,3H2,1-2H3,(H3,14,15,16). The molecule has 4 heteroatoms. The van der Waals surface area contributed by atoms with Gasteiger partial charge in [-0.25, -0.2) is 4.39 Å². The molecule has 0 bridgehead atoms. The Kier molecular flexibility index (Phi) is 2.64. The van der Waals surface area contributed by atoms with Gasteiger partial charge in [0.1, 0.15) is 11.6 Å². The lowest BCUT2D eigenvalue weighted by molar-refractivity contribution is 0.630. The number of nitrogens with one attached hydrogen (secondary N) is 1. The minimum atomic E-state index is -0.260. The van der Waals surface area contributed by atoms with Crippen LogP contribution in [0, 0.1) is 12.7 Å². The van der Waals surface area contributed by atoms with Gasteiger partial charge in [-0.05, 0) is 25.5 Å². The van der Waals surface area contributed by atoms with Crippen LogP contribution in [-0.4, -0.2) is 10.2 Å². The molecular weight excluding hydrogens is 205 g/mol. The molecule has 1 heterocycles. The summed E-state index contributed by atoms with van der Waals surface area (Å²) in [4.78, 5) is 0. The van der Waals surface area contributed by atoms with Crippen LogP contribution >= 0.6 is 0 Å². The van der Waals surface area contributed by atoms with E-state index in [1.54, 1.807) is 12.1 Å². The van der Waals surface area contributed by atoms with Crippen molar-refractivity contribution in [1.82, 2.24) is 10.2 Å². The van der Waals surface area contributed by atoms with E-state index >= 15 is 0 Å². The summed E-state index contributed by atoms with van der Waals surface area (Å²) in [6.07, 6.45) is 0.727. The molecule has 0 radical (unpaired) electrons. The molecule has 0 aliphatic heterocycles. The van der Waals surface area contributed by atoms with E-state index in [0.29, 0.717) is 17.1 Å². The van der Waals surface area contributed by atoms with Crippen molar-refractivity contribution in [2.45, 2.75) is 20.3 Å². The molecule has 3 N–H and O–H groups in total. The van der Waals surface area contributed by atoms with Crippen molar-refractivity contribution in [2.75, 3.05) is 5.73 Å². The van der Waals surface area contributed by atoms with Crippen LogP contribution in [0.25, 0.3) is 11.3 Å². The van der Waals surface area contributed by atoms with Crippen LogP contribution in [0.4, 0.5) is 10.2 Å². The van der Waals surface area contributed by atoms with Crippen LogP contribution in [0.15, 0.2) is 18.2 Å². The average Bonchev–Trinajstić information content (AvgIpc) is 2.63. The van der Waals surface area contributed by atoms with E-state index in [2.05, 4.69) is 10.2 Å². The fourth-order valence-electron chi connectivity index (χ4n) is 1.79. The van der Waals surface area contributed by atoms with Crippen molar-refractivity contribution in [3.8, 4) is 11.3 Å². The number of rotatable bonds is 2. The number of anilines is 1. The third-order valence-corrected chi connectivity index (χ3v) is 2.64. The molecule has 1 aromatic carbocycles. The lowest BCUT2D eigenvalue weighted by Gasteiger charge is -2.04. The van der Waals surface area contributed by atoms with Gasteiger partial charge in [-0.15, -0.1) is 0 Å². The van der Waals surface area contributed by atoms with Gasteiger partial charge in [-0.2, -0.15) is 5.10 Å². The Labute approximate surface area is 93.5 Å². The second-order valence-electron chi connectivity index (χ2n) is 3.80. The predicted molar refractivity (Wildman–Crippen MR) is 62.5 cm³/mol. The largest absolute Gasteiger partial charge is 0.382 e. The van der Waals surface area contributed by atoms with Gasteiger partial charge in [0.25, 0.3) is 0 Å². The first-order valence-corrected chi connectivity index (χ1v) is 5.22. The van der Waals surface area contributed by atoms with E-state index in [4.69, 9.17) is 5.73 Å². The zero-order valence-corrected chi connectivity index (χ0v) is 9.34. The third kappa shape index (κ3) is 1.66. The van der Waals surface area contributed by atoms with E-state index in [1.165, 1.54) is 6.07 Å². The summed E-state index contributed by atoms with van der Waals surface area (Å²) in [6, 6.07) is 4.99. The number of aryl methyl sites for hydroxylation is 1. The minimum absolute atomic E-state index is 0.260. The van der Waals surface area contributed by atoms with Crippen molar-refractivity contribution >= 4 is 5.82 Å². The molecule has 3 nitrogen and oxygen atoms in total. The number of benzene rings is 1. The summed E-state index contributed by atoms with van der Waals surface area (Å²) in [5.74, 6) is 0.183. The molecule has 0 aliphatic carbocycles. The second kappa shape index (κ2) is 3.96. The molecular formula is C12H14FN3. The SMILES string of the molecule is CCc1c(N)n[nH]c1-c1cc(C)ccc1F. The molecule has 0 saturated heterocycles. The maximum Gasteiger partial charge on any atom is 0.149 e. The van der Waals surface area contributed by atoms with E-state index in [-0.39, 0.29) is 5.82 Å². The van der Waals surface area contributed by atoms with Crippen LogP contribution in [0.1, 0.15) is 18.1 Å². The molecule has 1 aromatic heterocycles. The minimum Gasteiger partial charge on any atom is -0.382 e. The fraction of sp³-hybridized carbons (Fsp3) is 0.250. The number of H-pyrrole nitrogens is 1. The molecule has 2 aromatic rings. The normalized spacial score (nSPS) is 10.7. The summed E-state index contributed by atoms with van der Waals surface area (Å²) < 4.78 is 13.7. The summed E-state index contributed by atoms with van der Waals surface area (Å²) >= 11 is 0. The Hall–Kier alpha value is -1.84. The predicted octanol–water partition coefficient (Wildman–Crippen LogP) is 2.67. The summed E-state index contributed by atoms with van der Waals surface area (Å²) in [6.45, 7) is 3.90. The lowest BCUT2D eigenvalue weighted by atomic mass is 10.0. The molecule has 16 heavy (non-hydrogen) atoms. The molecule has 0 spiro atoms. The first-order valence-electron chi connectivity index (χ1n) is 5.22. The first kappa shape index (κ1) is 10.7. The van der Waals surface area contributed by atoms with Gasteiger partial charge in [0.15, 0.2) is 0 Å². The van der Waals surface area contributed by atoms with Crippen molar-refractivity contribution in [3.05, 3.63) is 35.1 Å². The summed E-state index contributed by atoms with van der Waals surface area (Å²) in [5.41, 5.74) is 8.79. The number of aromatic nitrogens is 2. The first-order chi connectivity index (χ1) is 7.63. The highest BCUT2D eigenvalue weighted by molar-refractivity contribution is 5.69. The van der Waals surface area contributed by atoms with Crippen LogP contribution < -0.4 is 5.73 Å². The Bertz CT molecular complexity index is 517. The molecule has 0 atom stereocenters. The lowest BCUT2D eigenvalue weighted by Crippen LogP contribution is -1.92. The third-order valence-electron chi connectivity index (χ3n) is 2.64. The molecule has 0 saturated carbocycles. The quantitative estimate of drug-likeness (QED) is 0.815. The van der Waals surface area contributed by atoms with Gasteiger partial charge in [0.05, 0.1) is 5.69 Å². The number of aromatic amines is 1. The van der Waals surface area contributed by atoms with Crippen molar-refractivity contribution in [1.29, 1.82) is 0 Å². The monoisotopic (exact) mass is 219 g/mol. The fourth-order valence-corrected chi connectivity index (χ4v) is 1.79. The van der Waals surface area contributed by atoms with Crippen molar-refractivity contribution < 1.29 is 4.39 Å². The number of nitrogens with two attached hydrogens (primary N) is 1. The number of hydrogen-bond donors (Lipinski definition) is 2. The van der Waals surface area contributed by atoms with Gasteiger partial charge in [-0.1, -0.05) is 18.6 Å². The average molecular weight is 219 g/mol. The summed E-state index contributed by atoms with van der Waals surface area (Å²) in [7, 11) is 0. The van der Waals surface area contributed by atoms with Crippen molar-refractivity contribution in [2.24, 2.45) is 0 Å². The molecule has 84 valence electrons. The second-order valence-corrected chi connectivity index (χ2v) is 3.80. The highest BCUT2D eigenvalue weighted by Crippen LogP contribution is 2.28. The van der Waals surface area contributed by atoms with Crippen LogP contribution in [0.2, 0.25) is 0 Å². The maximum absolute atomic E-state index is 13.7. The smallest absolute Gasteiger partial charge is 0.149 e. The number of nitrogens with zero attached hydrogens (tertiary/aromatic N) is 1. The Morgan fingerprint density at radius 2 is 2.19 bits per heavy atom. The number of nitrogen functional groups attached to an aromatic ring is 1. The number of hydrogen-bond acceptors (Lipinski definition) is 2. The van der Waals surface area contributed by atoms with E-state index < -0.39 is 0 Å². The maximum atomic E-state index is 13.7. The van der Waals surface area contributed by atoms with Crippen LogP contribution in [0.5, 0.6) is 0 Å². The molecule has 0 fully saturated rings. The van der Waals surface area contributed by atoms with Crippen LogP contribution in [0.3, 0.4) is 0 Å². The Morgan fingerprint density at radius 3 is 2.88 bits per heavy atom.